The number of hydrogen-bond acceptors (Lipinski definition) is 4. The number of benzene rings is 2. The van der Waals surface area contributed by atoms with E-state index in [9.17, 15) is 20.1 Å². The van der Waals surface area contributed by atoms with Gasteiger partial charge in [0, 0.05) is 11.3 Å². The van der Waals surface area contributed by atoms with Gasteiger partial charge in [-0.15, -0.1) is 0 Å². The molecule has 154 valence electrons. The van der Waals surface area contributed by atoms with E-state index in [0.29, 0.717) is 5.92 Å². The van der Waals surface area contributed by atoms with Gasteiger partial charge in [-0.1, -0.05) is 51.6 Å². The molecule has 1 fully saturated rings. The van der Waals surface area contributed by atoms with Crippen LogP contribution in [-0.4, -0.2) is 21.5 Å². The molecule has 0 bridgehead atoms. The summed E-state index contributed by atoms with van der Waals surface area (Å²) in [6, 6.07) is 14.1. The average molecular weight is 396 g/mol. The quantitative estimate of drug-likeness (QED) is 0.458. The minimum absolute atomic E-state index is 0.162. The van der Waals surface area contributed by atoms with E-state index in [-0.39, 0.29) is 28.6 Å². The van der Waals surface area contributed by atoms with E-state index in [1.807, 2.05) is 24.3 Å². The lowest BCUT2D eigenvalue weighted by Gasteiger charge is -2.55. The summed E-state index contributed by atoms with van der Waals surface area (Å²) in [7, 11) is 0. The molecule has 3 rings (SSSR count). The number of ether oxygens (including phenoxy) is 1. The molecule has 5 nitrogen and oxygen atoms in total. The molecule has 2 aromatic rings. The van der Waals surface area contributed by atoms with E-state index in [1.54, 1.807) is 24.3 Å². The lowest BCUT2D eigenvalue weighted by molar-refractivity contribution is 0.0195. The van der Waals surface area contributed by atoms with Crippen molar-refractivity contribution in [2.45, 2.75) is 39.0 Å². The summed E-state index contributed by atoms with van der Waals surface area (Å²) < 4.78 is 5.13. The number of aromatic hydroxyl groups is 2. The highest BCUT2D eigenvalue weighted by Gasteiger charge is 2.55. The van der Waals surface area contributed by atoms with Crippen LogP contribution in [0.2, 0.25) is 0 Å². The van der Waals surface area contributed by atoms with Gasteiger partial charge >= 0.3 is 6.16 Å². The molecular formula is C24H28O5. The van der Waals surface area contributed by atoms with Gasteiger partial charge in [0.05, 0.1) is 0 Å². The smallest absolute Gasteiger partial charge is 0.508 e. The summed E-state index contributed by atoms with van der Waals surface area (Å²) >= 11 is 0. The molecule has 29 heavy (non-hydrogen) atoms. The van der Waals surface area contributed by atoms with Crippen molar-refractivity contribution in [3.05, 3.63) is 72.0 Å². The minimum atomic E-state index is -1.38. The number of phenols is 2. The van der Waals surface area contributed by atoms with Crippen molar-refractivity contribution in [2.24, 2.45) is 17.3 Å². The molecule has 0 heterocycles. The third-order valence-electron chi connectivity index (χ3n) is 6.12. The van der Waals surface area contributed by atoms with Gasteiger partial charge in [-0.3, -0.25) is 0 Å². The second-order valence-corrected chi connectivity index (χ2v) is 8.83. The van der Waals surface area contributed by atoms with Crippen LogP contribution >= 0.6 is 0 Å². The zero-order valence-electron chi connectivity index (χ0n) is 17.1. The predicted octanol–water partition coefficient (Wildman–Crippen LogP) is 5.66. The minimum Gasteiger partial charge on any atom is -0.508 e. The van der Waals surface area contributed by atoms with Gasteiger partial charge in [-0.2, -0.15) is 0 Å². The van der Waals surface area contributed by atoms with E-state index < -0.39 is 11.6 Å². The van der Waals surface area contributed by atoms with Gasteiger partial charge in [0.25, 0.3) is 0 Å². The Balaban J connectivity index is 2.31. The van der Waals surface area contributed by atoms with Crippen molar-refractivity contribution in [3.63, 3.8) is 0 Å². The van der Waals surface area contributed by atoms with Gasteiger partial charge in [0.1, 0.15) is 17.3 Å². The first-order valence-electron chi connectivity index (χ1n) is 9.75. The normalized spacial score (nSPS) is 22.6. The number of hydrogen-bond donors (Lipinski definition) is 3. The highest BCUT2D eigenvalue weighted by atomic mass is 16.7. The SMILES string of the molecule is C=C(OC(=O)O)C1C(C)(C)CC(C)CC1(c1ccc(O)cc1)c1ccc(O)cc1. The fraction of sp³-hybridized carbons (Fsp3) is 0.375. The maximum atomic E-state index is 11.4. The van der Waals surface area contributed by atoms with Crippen molar-refractivity contribution >= 4 is 6.16 Å². The standard InChI is InChI=1S/C24H28O5/c1-15-13-23(3,4)21(16(2)29-22(27)28)24(14-15,17-5-9-19(25)10-6-17)18-7-11-20(26)12-8-18/h5-12,15,21,25-26H,2,13-14H2,1,3-4H3,(H,27,28). The van der Waals surface area contributed by atoms with Gasteiger partial charge in [0.2, 0.25) is 0 Å². The summed E-state index contributed by atoms with van der Waals surface area (Å²) in [5, 5.41) is 29.0. The average Bonchev–Trinajstić information content (AvgIpc) is 2.60. The Morgan fingerprint density at radius 2 is 1.41 bits per heavy atom. The molecule has 0 amide bonds. The molecule has 0 saturated heterocycles. The van der Waals surface area contributed by atoms with E-state index >= 15 is 0 Å². The molecule has 2 atom stereocenters. The zero-order valence-corrected chi connectivity index (χ0v) is 17.1. The Kier molecular flexibility index (Phi) is 5.35. The van der Waals surface area contributed by atoms with Crippen molar-refractivity contribution in [3.8, 4) is 11.5 Å². The molecular weight excluding hydrogens is 368 g/mol. The van der Waals surface area contributed by atoms with E-state index in [0.717, 1.165) is 24.0 Å². The Labute approximate surface area is 171 Å². The van der Waals surface area contributed by atoms with Crippen LogP contribution in [-0.2, 0) is 10.2 Å². The van der Waals surface area contributed by atoms with Crippen LogP contribution < -0.4 is 0 Å². The van der Waals surface area contributed by atoms with E-state index in [4.69, 9.17) is 4.74 Å². The van der Waals surface area contributed by atoms with Gasteiger partial charge in [-0.05, 0) is 59.6 Å². The first-order valence-corrected chi connectivity index (χ1v) is 9.75. The lowest BCUT2D eigenvalue weighted by Crippen LogP contribution is -2.51. The summed E-state index contributed by atoms with van der Waals surface area (Å²) in [5.74, 6) is 0.540. The second kappa shape index (κ2) is 7.47. The molecule has 1 aliphatic rings. The van der Waals surface area contributed by atoms with E-state index in [1.165, 1.54) is 0 Å². The number of carbonyl (C=O) groups is 1. The van der Waals surface area contributed by atoms with Crippen molar-refractivity contribution < 1.29 is 24.9 Å². The Morgan fingerprint density at radius 1 is 0.966 bits per heavy atom. The third-order valence-corrected chi connectivity index (χ3v) is 6.12. The molecule has 0 radical (unpaired) electrons. The highest BCUT2D eigenvalue weighted by molar-refractivity contribution is 5.59. The summed E-state index contributed by atoms with van der Waals surface area (Å²) in [4.78, 5) is 11.4. The van der Waals surface area contributed by atoms with Crippen LogP contribution in [0.25, 0.3) is 0 Å². The molecule has 0 aliphatic heterocycles. The molecule has 0 spiro atoms. The van der Waals surface area contributed by atoms with Crippen molar-refractivity contribution in [2.75, 3.05) is 0 Å². The first-order chi connectivity index (χ1) is 13.6. The van der Waals surface area contributed by atoms with Crippen LogP contribution in [0.1, 0.15) is 44.7 Å². The van der Waals surface area contributed by atoms with Gasteiger partial charge in [-0.25, -0.2) is 4.79 Å². The zero-order chi connectivity index (χ0) is 21.4. The Hall–Kier alpha value is -2.95. The van der Waals surface area contributed by atoms with Crippen LogP contribution in [0, 0.1) is 17.3 Å². The summed E-state index contributed by atoms with van der Waals surface area (Å²) in [5.41, 5.74) is 0.955. The molecule has 2 aromatic carbocycles. The van der Waals surface area contributed by atoms with Gasteiger partial charge in [0.15, 0.2) is 0 Å². The largest absolute Gasteiger partial charge is 0.511 e. The number of allylic oxidation sites excluding steroid dienone is 1. The number of rotatable bonds is 4. The first kappa shape index (κ1) is 20.8. The molecule has 1 aliphatic carbocycles. The van der Waals surface area contributed by atoms with Crippen LogP contribution in [0.4, 0.5) is 4.79 Å². The van der Waals surface area contributed by atoms with Crippen LogP contribution in [0.5, 0.6) is 11.5 Å². The predicted molar refractivity (Wildman–Crippen MR) is 111 cm³/mol. The molecule has 0 aromatic heterocycles. The number of carboxylic acid groups (broad SMARTS) is 1. The molecule has 1 saturated carbocycles. The fourth-order valence-electron chi connectivity index (χ4n) is 5.56. The maximum absolute atomic E-state index is 11.4. The summed E-state index contributed by atoms with van der Waals surface area (Å²) in [6.45, 7) is 10.4. The number of phenolic OH excluding ortho intramolecular Hbond substituents is 2. The monoisotopic (exact) mass is 396 g/mol. The molecule has 5 heteroatoms. The van der Waals surface area contributed by atoms with Crippen molar-refractivity contribution in [1.82, 2.24) is 0 Å². The van der Waals surface area contributed by atoms with Crippen molar-refractivity contribution in [1.29, 1.82) is 0 Å². The Bertz CT molecular complexity index is 850. The van der Waals surface area contributed by atoms with Crippen LogP contribution in [0.3, 0.4) is 0 Å². The fourth-order valence-corrected chi connectivity index (χ4v) is 5.56. The molecule has 2 unspecified atom stereocenters. The molecule has 3 N–H and O–H groups in total. The summed E-state index contributed by atoms with van der Waals surface area (Å²) in [6.07, 6.45) is 0.255. The topological polar surface area (TPSA) is 87.0 Å². The Morgan fingerprint density at radius 3 is 1.83 bits per heavy atom. The third kappa shape index (κ3) is 3.82. The maximum Gasteiger partial charge on any atom is 0.511 e. The lowest BCUT2D eigenvalue weighted by atomic mass is 9.49. The highest BCUT2D eigenvalue weighted by Crippen LogP contribution is 2.60. The van der Waals surface area contributed by atoms with Gasteiger partial charge < -0.3 is 20.1 Å². The van der Waals surface area contributed by atoms with Crippen LogP contribution in [0.15, 0.2) is 60.9 Å². The van der Waals surface area contributed by atoms with E-state index in [2.05, 4.69) is 27.4 Å². The second-order valence-electron chi connectivity index (χ2n) is 8.83.